The average Bonchev–Trinajstić information content (AvgIpc) is 3.08. The molecule has 0 aliphatic carbocycles. The Morgan fingerprint density at radius 2 is 1.71 bits per heavy atom. The van der Waals surface area contributed by atoms with Crippen LogP contribution in [0.2, 0.25) is 0 Å². The summed E-state index contributed by atoms with van der Waals surface area (Å²) in [5.41, 5.74) is 2.33. The monoisotopic (exact) mass is 382 g/mol. The fourth-order valence-electron chi connectivity index (χ4n) is 3.96. The molecule has 2 unspecified atom stereocenters. The first-order valence-electron chi connectivity index (χ1n) is 9.12. The van der Waals surface area contributed by atoms with Crippen molar-refractivity contribution in [2.45, 2.75) is 25.4 Å². The van der Waals surface area contributed by atoms with Gasteiger partial charge in [0.05, 0.1) is 0 Å². The third-order valence-electron chi connectivity index (χ3n) is 5.46. The van der Waals surface area contributed by atoms with Gasteiger partial charge in [0.25, 0.3) is 0 Å². The van der Waals surface area contributed by atoms with Gasteiger partial charge in [-0.05, 0) is 41.8 Å². The van der Waals surface area contributed by atoms with Gasteiger partial charge in [0, 0.05) is 25.2 Å². The summed E-state index contributed by atoms with van der Waals surface area (Å²) in [5.74, 6) is -3.24. The number of nitrogens with zero attached hydrogens (tertiary/aromatic N) is 2. The number of carbonyl (C=O) groups excluding carboxylic acids is 2. The van der Waals surface area contributed by atoms with Crippen molar-refractivity contribution in [1.29, 1.82) is 0 Å². The fraction of sp³-hybridized carbons (Fsp3) is 0.286. The van der Waals surface area contributed by atoms with E-state index < -0.39 is 29.7 Å². The number of hydrogen-bond donors (Lipinski definition) is 1. The maximum absolute atomic E-state index is 13.1. The first-order chi connectivity index (χ1) is 13.5. The molecule has 2 atom stereocenters. The summed E-state index contributed by atoms with van der Waals surface area (Å²) in [7, 11) is 0. The van der Waals surface area contributed by atoms with Crippen LogP contribution in [0.3, 0.4) is 0 Å². The zero-order chi connectivity index (χ0) is 19.8. The molecule has 1 N–H and O–H groups in total. The summed E-state index contributed by atoms with van der Waals surface area (Å²) in [4.78, 5) is 40.5. The number of rotatable bonds is 3. The molecular weight excluding hydrogens is 363 g/mol. The van der Waals surface area contributed by atoms with Crippen LogP contribution in [0.15, 0.2) is 48.5 Å². The normalized spacial score (nSPS) is 21.5. The van der Waals surface area contributed by atoms with E-state index in [2.05, 4.69) is 0 Å². The van der Waals surface area contributed by atoms with Crippen molar-refractivity contribution in [3.63, 3.8) is 0 Å². The van der Waals surface area contributed by atoms with Gasteiger partial charge in [-0.3, -0.25) is 9.59 Å². The van der Waals surface area contributed by atoms with E-state index in [0.717, 1.165) is 11.1 Å². The molecular formula is C21H19FN2O4. The molecule has 2 amide bonds. The number of fused-ring (bicyclic) bond motifs is 1. The van der Waals surface area contributed by atoms with Gasteiger partial charge in [-0.25, -0.2) is 9.18 Å². The van der Waals surface area contributed by atoms with Crippen LogP contribution in [0.4, 0.5) is 10.1 Å². The Morgan fingerprint density at radius 3 is 2.39 bits per heavy atom. The first kappa shape index (κ1) is 18.2. The number of anilines is 1. The SMILES string of the molecule is O=C(O)C1Cc2ccccc2CN1C(=O)C1CCN(c2ccc(F)cc2)C1=O. The lowest BCUT2D eigenvalue weighted by Gasteiger charge is -2.35. The van der Waals surface area contributed by atoms with Crippen LogP contribution in [0.25, 0.3) is 0 Å². The minimum atomic E-state index is -1.08. The lowest BCUT2D eigenvalue weighted by molar-refractivity contribution is -0.154. The Morgan fingerprint density at radius 1 is 1.04 bits per heavy atom. The highest BCUT2D eigenvalue weighted by molar-refractivity contribution is 6.10. The Hall–Kier alpha value is -3.22. The van der Waals surface area contributed by atoms with Gasteiger partial charge in [0.1, 0.15) is 17.8 Å². The van der Waals surface area contributed by atoms with Gasteiger partial charge >= 0.3 is 5.97 Å². The molecule has 144 valence electrons. The quantitative estimate of drug-likeness (QED) is 0.826. The van der Waals surface area contributed by atoms with E-state index in [1.807, 2.05) is 24.3 Å². The molecule has 2 aliphatic heterocycles. The number of hydrogen-bond acceptors (Lipinski definition) is 3. The molecule has 0 spiro atoms. The summed E-state index contributed by atoms with van der Waals surface area (Å²) < 4.78 is 13.1. The van der Waals surface area contributed by atoms with Crippen molar-refractivity contribution in [1.82, 2.24) is 4.90 Å². The van der Waals surface area contributed by atoms with Crippen molar-refractivity contribution >= 4 is 23.5 Å². The summed E-state index contributed by atoms with van der Waals surface area (Å²) in [5, 5.41) is 9.62. The number of amides is 2. The Labute approximate surface area is 161 Å². The standard InChI is InChI=1S/C21H19FN2O4/c22-15-5-7-16(8-6-15)23-10-9-17(19(23)25)20(26)24-12-14-4-2-1-3-13(14)11-18(24)21(27)28/h1-8,17-18H,9-12H2,(H,27,28). The molecule has 1 saturated heterocycles. The van der Waals surface area contributed by atoms with Gasteiger partial charge in [-0.2, -0.15) is 0 Å². The van der Waals surface area contributed by atoms with Crippen molar-refractivity contribution < 1.29 is 23.9 Å². The molecule has 0 saturated carbocycles. The smallest absolute Gasteiger partial charge is 0.326 e. The molecule has 2 aliphatic rings. The average molecular weight is 382 g/mol. The van der Waals surface area contributed by atoms with Gasteiger partial charge in [-0.1, -0.05) is 24.3 Å². The first-order valence-corrected chi connectivity index (χ1v) is 9.12. The minimum absolute atomic E-state index is 0.173. The molecule has 0 radical (unpaired) electrons. The molecule has 4 rings (SSSR count). The highest BCUT2D eigenvalue weighted by Gasteiger charge is 2.44. The van der Waals surface area contributed by atoms with Crippen molar-refractivity contribution in [3.8, 4) is 0 Å². The molecule has 28 heavy (non-hydrogen) atoms. The van der Waals surface area contributed by atoms with Gasteiger partial charge < -0.3 is 14.9 Å². The number of carboxylic acid groups (broad SMARTS) is 1. The molecule has 2 aromatic rings. The Kier molecular flexibility index (Phi) is 4.58. The van der Waals surface area contributed by atoms with Gasteiger partial charge in [0.15, 0.2) is 0 Å². The van der Waals surface area contributed by atoms with Crippen LogP contribution in [-0.2, 0) is 27.3 Å². The number of halogens is 1. The van der Waals surface area contributed by atoms with E-state index in [1.54, 1.807) is 0 Å². The summed E-state index contributed by atoms with van der Waals surface area (Å²) >= 11 is 0. The second-order valence-electron chi connectivity index (χ2n) is 7.10. The lowest BCUT2D eigenvalue weighted by Crippen LogP contribution is -2.51. The third-order valence-corrected chi connectivity index (χ3v) is 5.46. The molecule has 2 heterocycles. The molecule has 7 heteroatoms. The molecule has 0 aromatic heterocycles. The van der Waals surface area contributed by atoms with Crippen LogP contribution in [0.1, 0.15) is 17.5 Å². The van der Waals surface area contributed by atoms with E-state index in [4.69, 9.17) is 0 Å². The van der Waals surface area contributed by atoms with E-state index >= 15 is 0 Å². The van der Waals surface area contributed by atoms with Crippen LogP contribution in [0, 0.1) is 11.7 Å². The topological polar surface area (TPSA) is 77.9 Å². The molecule has 6 nitrogen and oxygen atoms in total. The van der Waals surface area contributed by atoms with Gasteiger partial charge in [-0.15, -0.1) is 0 Å². The summed E-state index contributed by atoms with van der Waals surface area (Å²) in [6.07, 6.45) is 0.527. The number of carboxylic acids is 1. The predicted molar refractivity (Wildman–Crippen MR) is 99.0 cm³/mol. The number of aliphatic carboxylic acids is 1. The molecule has 1 fully saturated rings. The fourth-order valence-corrected chi connectivity index (χ4v) is 3.96. The maximum atomic E-state index is 13.1. The van der Waals surface area contributed by atoms with Crippen LogP contribution in [0.5, 0.6) is 0 Å². The maximum Gasteiger partial charge on any atom is 0.326 e. The van der Waals surface area contributed by atoms with E-state index in [9.17, 15) is 23.9 Å². The minimum Gasteiger partial charge on any atom is -0.480 e. The van der Waals surface area contributed by atoms with Crippen LogP contribution >= 0.6 is 0 Å². The van der Waals surface area contributed by atoms with E-state index in [1.165, 1.54) is 34.1 Å². The van der Waals surface area contributed by atoms with Crippen LogP contribution in [-0.4, -0.2) is 40.4 Å². The predicted octanol–water partition coefficient (Wildman–Crippen LogP) is 2.22. The zero-order valence-electron chi connectivity index (χ0n) is 15.0. The van der Waals surface area contributed by atoms with Crippen molar-refractivity contribution in [2.75, 3.05) is 11.4 Å². The van der Waals surface area contributed by atoms with E-state index in [0.29, 0.717) is 18.7 Å². The van der Waals surface area contributed by atoms with Crippen molar-refractivity contribution in [2.24, 2.45) is 5.92 Å². The number of benzene rings is 2. The highest BCUT2D eigenvalue weighted by atomic mass is 19.1. The summed E-state index contributed by atoms with van der Waals surface area (Å²) in [6, 6.07) is 12.0. The zero-order valence-corrected chi connectivity index (χ0v) is 15.0. The van der Waals surface area contributed by atoms with E-state index in [-0.39, 0.29) is 18.9 Å². The van der Waals surface area contributed by atoms with Crippen LogP contribution < -0.4 is 4.90 Å². The number of carbonyl (C=O) groups is 3. The lowest BCUT2D eigenvalue weighted by atomic mass is 9.92. The Bertz CT molecular complexity index is 944. The largest absolute Gasteiger partial charge is 0.480 e. The van der Waals surface area contributed by atoms with Gasteiger partial charge in [0.2, 0.25) is 11.8 Å². The second kappa shape index (κ2) is 7.07. The Balaban J connectivity index is 1.57. The molecule has 2 aromatic carbocycles. The van der Waals surface area contributed by atoms with Crippen molar-refractivity contribution in [3.05, 3.63) is 65.5 Å². The molecule has 0 bridgehead atoms. The second-order valence-corrected chi connectivity index (χ2v) is 7.10. The summed E-state index contributed by atoms with van der Waals surface area (Å²) in [6.45, 7) is 0.509. The third kappa shape index (κ3) is 3.13. The highest BCUT2D eigenvalue weighted by Crippen LogP contribution is 2.30.